The molecule has 1 aliphatic heterocycles. The Morgan fingerprint density at radius 2 is 1.63 bits per heavy atom. The third-order valence-electron chi connectivity index (χ3n) is 12.7. The van der Waals surface area contributed by atoms with Crippen molar-refractivity contribution >= 4 is 64.2 Å². The van der Waals surface area contributed by atoms with Crippen molar-refractivity contribution in [2.75, 3.05) is 36.2 Å². The molecule has 0 spiro atoms. The number of hydrogen-bond acceptors (Lipinski definition) is 12. The van der Waals surface area contributed by atoms with E-state index < -0.39 is 98.5 Å². The second-order valence-corrected chi connectivity index (χ2v) is 21.9. The maximum absolute atomic E-state index is 15.8. The van der Waals surface area contributed by atoms with E-state index in [0.29, 0.717) is 30.2 Å². The molecule has 3 N–H and O–H groups in total. The zero-order chi connectivity index (χ0) is 57.4. The largest absolute Gasteiger partial charge is 0.491 e. The molecule has 0 saturated carbocycles. The molecular formula is C55H60F6N8O7S2. The first-order valence-electron chi connectivity index (χ1n) is 24.8. The number of β-amino-alcohol motifs (C(OH)–C–C–N with tert-alkyl or cyclic N) is 1. The number of nitriles is 1. The molecule has 0 aliphatic carbocycles. The third-order valence-corrected chi connectivity index (χ3v) is 14.1. The van der Waals surface area contributed by atoms with E-state index in [0.717, 1.165) is 46.1 Å². The average molecular weight is 1120 g/mol. The van der Waals surface area contributed by atoms with Gasteiger partial charge in [0.1, 0.15) is 29.9 Å². The fourth-order valence-electron chi connectivity index (χ4n) is 8.79. The molecule has 2 aromatic heterocycles. The van der Waals surface area contributed by atoms with Gasteiger partial charge in [0.05, 0.1) is 64.0 Å². The number of nitrogens with one attached hydrogen (secondary N) is 2. The quantitative estimate of drug-likeness (QED) is 0.0308. The molecule has 1 saturated heterocycles. The van der Waals surface area contributed by atoms with Crippen LogP contribution in [0.1, 0.15) is 103 Å². The minimum absolute atomic E-state index is 0.0114. The number of alkyl halides is 3. The molecule has 78 heavy (non-hydrogen) atoms. The summed E-state index contributed by atoms with van der Waals surface area (Å²) in [5.74, 6) is -5.31. The number of pyridine rings is 1. The second kappa shape index (κ2) is 25.2. The normalized spacial score (nSPS) is 15.5. The van der Waals surface area contributed by atoms with Gasteiger partial charge in [-0.2, -0.15) is 18.4 Å². The standard InChI is InChI=1S/C55H60F6N8O7S2/c1-31(33-12-14-34(15-13-33)48-32(2)64-29-78-48)65-50(73)42-24-38(71)27-67(42)51(74)49(53(3,4)5)66-44(72)28-75-20-10-9-11-21-76-43-19-17-35(22-39(43)56)47-40(57)23-37(26-63-47)69(54(6,7)8)52(77)68(30-70)41-18-16-36(25-62)45(46(41)58)55(59,60)61/h12-19,22-23,26,29-31,38,42,49,71H,9-11,20-21,24,27-28H2,1-8H3,(H,65,73)(H,66,72)/t31-,38+,42-,49+/m0/s1. The molecule has 6 rings (SSSR count). The van der Waals surface area contributed by atoms with Crippen LogP contribution in [-0.2, 0) is 30.1 Å². The van der Waals surface area contributed by atoms with E-state index in [1.807, 2.05) is 38.1 Å². The van der Waals surface area contributed by atoms with Crippen LogP contribution in [0.4, 0.5) is 37.7 Å². The number of likely N-dealkylation sites (tertiary alicyclic amines) is 1. The van der Waals surface area contributed by atoms with Crippen molar-refractivity contribution in [2.24, 2.45) is 5.41 Å². The highest BCUT2D eigenvalue weighted by Gasteiger charge is 2.45. The molecule has 3 heterocycles. The van der Waals surface area contributed by atoms with Gasteiger partial charge in [0.25, 0.3) is 0 Å². The van der Waals surface area contributed by atoms with Crippen LogP contribution in [0.5, 0.6) is 5.75 Å². The van der Waals surface area contributed by atoms with E-state index in [4.69, 9.17) is 21.7 Å². The number of rotatable bonds is 19. The molecular weight excluding hydrogens is 1060 g/mol. The molecule has 4 atom stereocenters. The number of thiocarbonyl (C=S) groups is 1. The van der Waals surface area contributed by atoms with Crippen LogP contribution in [0.2, 0.25) is 0 Å². The zero-order valence-electron chi connectivity index (χ0n) is 44.1. The van der Waals surface area contributed by atoms with Crippen molar-refractivity contribution in [3.05, 3.63) is 112 Å². The number of aromatic nitrogens is 2. The highest BCUT2D eigenvalue weighted by molar-refractivity contribution is 7.81. The molecule has 0 bridgehead atoms. The Morgan fingerprint density at radius 3 is 2.22 bits per heavy atom. The predicted octanol–water partition coefficient (Wildman–Crippen LogP) is 9.98. The summed E-state index contributed by atoms with van der Waals surface area (Å²) >= 11 is 7.02. The van der Waals surface area contributed by atoms with E-state index in [2.05, 4.69) is 20.6 Å². The lowest BCUT2D eigenvalue weighted by molar-refractivity contribution is -0.144. The van der Waals surface area contributed by atoms with E-state index in [1.165, 1.54) is 28.0 Å². The Labute approximate surface area is 457 Å². The van der Waals surface area contributed by atoms with Crippen LogP contribution in [0.25, 0.3) is 21.7 Å². The topological polar surface area (TPSA) is 190 Å². The van der Waals surface area contributed by atoms with Crippen LogP contribution in [0, 0.1) is 41.1 Å². The van der Waals surface area contributed by atoms with Crippen molar-refractivity contribution in [2.45, 2.75) is 117 Å². The number of thiazole rings is 1. The molecule has 15 nitrogen and oxygen atoms in total. The Kier molecular flexibility index (Phi) is 19.5. The van der Waals surface area contributed by atoms with Gasteiger partial charge >= 0.3 is 6.18 Å². The van der Waals surface area contributed by atoms with Gasteiger partial charge in [-0.05, 0) is 113 Å². The Hall–Kier alpha value is -7.00. The maximum atomic E-state index is 15.8. The number of benzene rings is 3. The lowest BCUT2D eigenvalue weighted by Crippen LogP contribution is -2.58. The molecule has 0 radical (unpaired) electrons. The molecule has 23 heteroatoms. The minimum Gasteiger partial charge on any atom is -0.491 e. The summed E-state index contributed by atoms with van der Waals surface area (Å²) in [6.07, 6.45) is -3.51. The molecule has 1 fully saturated rings. The summed E-state index contributed by atoms with van der Waals surface area (Å²) in [5, 5.41) is 25.0. The highest BCUT2D eigenvalue weighted by atomic mass is 32.1. The summed E-state index contributed by atoms with van der Waals surface area (Å²) in [6.45, 7) is 13.7. The molecule has 3 aromatic carbocycles. The third kappa shape index (κ3) is 14.4. The number of nitrogens with zero attached hydrogens (tertiary/aromatic N) is 6. The van der Waals surface area contributed by atoms with E-state index >= 15 is 13.2 Å². The number of carbonyl (C=O) groups is 4. The van der Waals surface area contributed by atoms with Gasteiger partial charge in [-0.25, -0.2) is 18.2 Å². The first-order valence-corrected chi connectivity index (χ1v) is 26.1. The highest BCUT2D eigenvalue weighted by Crippen LogP contribution is 2.39. The molecule has 4 amide bonds. The van der Waals surface area contributed by atoms with Gasteiger partial charge < -0.3 is 35.0 Å². The van der Waals surface area contributed by atoms with Crippen LogP contribution in [0.3, 0.4) is 0 Å². The number of carbonyl (C=O) groups excluding carboxylic acids is 4. The van der Waals surface area contributed by atoms with Crippen LogP contribution in [-0.4, -0.2) is 99.3 Å². The monoisotopic (exact) mass is 1120 g/mol. The van der Waals surface area contributed by atoms with Gasteiger partial charge in [-0.15, -0.1) is 11.3 Å². The van der Waals surface area contributed by atoms with Crippen molar-refractivity contribution in [3.63, 3.8) is 0 Å². The maximum Gasteiger partial charge on any atom is 0.420 e. The van der Waals surface area contributed by atoms with E-state index in [9.17, 15) is 42.7 Å². The molecule has 416 valence electrons. The van der Waals surface area contributed by atoms with Crippen LogP contribution >= 0.6 is 23.6 Å². The van der Waals surface area contributed by atoms with Gasteiger partial charge in [0.2, 0.25) is 24.1 Å². The first kappa shape index (κ1) is 60.2. The molecule has 0 unspecified atom stereocenters. The number of unbranched alkanes of at least 4 members (excludes halogenated alkanes) is 2. The molecule has 1 aliphatic rings. The Bertz CT molecular complexity index is 3050. The fraction of sp³-hybridized carbons (Fsp3) is 0.418. The molecule has 5 aromatic rings. The predicted molar refractivity (Wildman–Crippen MR) is 286 cm³/mol. The average Bonchev–Trinajstić information content (AvgIpc) is 4.06. The van der Waals surface area contributed by atoms with E-state index in [1.54, 1.807) is 58.4 Å². The number of aliphatic hydroxyl groups is 1. The number of anilines is 2. The van der Waals surface area contributed by atoms with Crippen LogP contribution < -0.4 is 25.2 Å². The first-order chi connectivity index (χ1) is 36.7. The van der Waals surface area contributed by atoms with Gasteiger partial charge in [-0.3, -0.25) is 29.1 Å². The lowest BCUT2D eigenvalue weighted by Gasteiger charge is -2.40. The SMILES string of the molecule is Cc1ncsc1-c1ccc([C@H](C)NC(=O)[C@@H]2C[C@@H](O)CN2C(=O)[C@@H](NC(=O)COCCCCCOc2ccc(-c3ncc(N(C(=S)N(C=O)c4ccc(C#N)c(C(F)(F)F)c4F)C(C)(C)C)cc3F)cc2F)C(C)(C)C)cc1. The number of aliphatic hydroxyl groups excluding tert-OH is 1. The number of hydrogen-bond donors (Lipinski definition) is 3. The fourth-order valence-corrected chi connectivity index (χ4v) is 10.1. The number of ether oxygens (including phenoxy) is 2. The van der Waals surface area contributed by atoms with Crippen molar-refractivity contribution in [1.29, 1.82) is 5.26 Å². The van der Waals surface area contributed by atoms with Crippen molar-refractivity contribution in [3.8, 4) is 33.5 Å². The van der Waals surface area contributed by atoms with Gasteiger partial charge in [0, 0.05) is 36.7 Å². The summed E-state index contributed by atoms with van der Waals surface area (Å²) in [6, 6.07) is 12.8. The summed E-state index contributed by atoms with van der Waals surface area (Å²) in [4.78, 5) is 65.6. The second-order valence-electron chi connectivity index (χ2n) is 20.7. The Balaban J connectivity index is 0.968. The van der Waals surface area contributed by atoms with E-state index in [-0.39, 0.29) is 61.9 Å². The smallest absolute Gasteiger partial charge is 0.420 e. The summed E-state index contributed by atoms with van der Waals surface area (Å²) in [7, 11) is 0. The van der Waals surface area contributed by atoms with Gasteiger partial charge in [0.15, 0.2) is 28.3 Å². The lowest BCUT2D eigenvalue weighted by atomic mass is 9.85. The number of halogens is 6. The van der Waals surface area contributed by atoms with Crippen molar-refractivity contribution < 1.29 is 60.1 Å². The number of amides is 4. The minimum atomic E-state index is -5.29. The van der Waals surface area contributed by atoms with Crippen LogP contribution in [0.15, 0.2) is 72.4 Å². The summed E-state index contributed by atoms with van der Waals surface area (Å²) < 4.78 is 99.2. The summed E-state index contributed by atoms with van der Waals surface area (Å²) in [5.41, 5.74) is -1.45. The van der Waals surface area contributed by atoms with Gasteiger partial charge in [-0.1, -0.05) is 45.0 Å². The zero-order valence-corrected chi connectivity index (χ0v) is 45.8. The Morgan fingerprint density at radius 1 is 0.949 bits per heavy atom. The number of aryl methyl sites for hydroxylation is 1. The van der Waals surface area contributed by atoms with Crippen molar-refractivity contribution in [1.82, 2.24) is 25.5 Å².